The Bertz CT molecular complexity index is 1250. The van der Waals surface area contributed by atoms with Crippen molar-refractivity contribution in [1.29, 1.82) is 0 Å². The van der Waals surface area contributed by atoms with Crippen LogP contribution in [0.15, 0.2) is 82.8 Å². The molecule has 0 bridgehead atoms. The molecule has 33 heavy (non-hydrogen) atoms. The highest BCUT2D eigenvalue weighted by molar-refractivity contribution is 7.89. The average Bonchev–Trinajstić information content (AvgIpc) is 2.80. The number of hydrazone groups is 1. The Morgan fingerprint density at radius 2 is 1.67 bits per heavy atom. The van der Waals surface area contributed by atoms with Crippen LogP contribution in [0.2, 0.25) is 5.02 Å². The Kier molecular flexibility index (Phi) is 8.02. The molecule has 0 heterocycles. The summed E-state index contributed by atoms with van der Waals surface area (Å²) in [6.07, 6.45) is 0.626. The molecule has 3 rings (SSSR count). The van der Waals surface area contributed by atoms with Gasteiger partial charge in [-0.1, -0.05) is 60.5 Å². The van der Waals surface area contributed by atoms with E-state index in [2.05, 4.69) is 10.5 Å². The molecule has 0 saturated heterocycles. The van der Waals surface area contributed by atoms with Gasteiger partial charge in [0.1, 0.15) is 0 Å². The topological polar surface area (TPSA) is 78.8 Å². The molecule has 0 aliphatic carbocycles. The van der Waals surface area contributed by atoms with E-state index in [1.54, 1.807) is 60.7 Å². The monoisotopic (exact) mass is 483 g/mol. The predicted molar refractivity (Wildman–Crippen MR) is 132 cm³/mol. The maximum Gasteiger partial charge on any atom is 0.271 e. The Balaban J connectivity index is 1.66. The van der Waals surface area contributed by atoms with Crippen LogP contribution in [-0.4, -0.2) is 31.4 Å². The molecule has 0 aliphatic rings. The van der Waals surface area contributed by atoms with Gasteiger partial charge in [-0.25, -0.2) is 13.8 Å². The highest BCUT2D eigenvalue weighted by Gasteiger charge is 2.20. The van der Waals surface area contributed by atoms with Crippen LogP contribution in [0.4, 0.5) is 0 Å². The molecular formula is C25H26ClN3O3S. The van der Waals surface area contributed by atoms with Gasteiger partial charge >= 0.3 is 0 Å². The summed E-state index contributed by atoms with van der Waals surface area (Å²) < 4.78 is 26.8. The zero-order valence-electron chi connectivity index (χ0n) is 18.7. The van der Waals surface area contributed by atoms with E-state index >= 15 is 0 Å². The fourth-order valence-electron chi connectivity index (χ4n) is 3.19. The molecular weight excluding hydrogens is 458 g/mol. The summed E-state index contributed by atoms with van der Waals surface area (Å²) >= 11 is 6.04. The van der Waals surface area contributed by atoms with Crippen molar-refractivity contribution in [2.45, 2.75) is 31.7 Å². The van der Waals surface area contributed by atoms with Gasteiger partial charge in [0.25, 0.3) is 5.91 Å². The van der Waals surface area contributed by atoms with Crippen LogP contribution in [0.5, 0.6) is 0 Å². The van der Waals surface area contributed by atoms with Gasteiger partial charge in [-0.3, -0.25) is 4.79 Å². The molecule has 0 fully saturated rings. The van der Waals surface area contributed by atoms with Gasteiger partial charge in [0.05, 0.1) is 10.6 Å². The van der Waals surface area contributed by atoms with Crippen LogP contribution in [-0.2, 0) is 16.6 Å². The first-order chi connectivity index (χ1) is 15.7. The molecule has 0 saturated carbocycles. The zero-order chi connectivity index (χ0) is 24.0. The van der Waals surface area contributed by atoms with Gasteiger partial charge in [0, 0.05) is 24.2 Å². The van der Waals surface area contributed by atoms with Crippen molar-refractivity contribution in [2.24, 2.45) is 5.10 Å². The second-order valence-corrected chi connectivity index (χ2v) is 10.1. The highest BCUT2D eigenvalue weighted by atomic mass is 35.5. The molecule has 0 aromatic heterocycles. The van der Waals surface area contributed by atoms with E-state index in [9.17, 15) is 13.2 Å². The number of benzene rings is 3. The van der Waals surface area contributed by atoms with E-state index < -0.39 is 10.0 Å². The van der Waals surface area contributed by atoms with Crippen molar-refractivity contribution < 1.29 is 13.2 Å². The number of carbonyl (C=O) groups is 1. The fourth-order valence-corrected chi connectivity index (χ4v) is 4.54. The van der Waals surface area contributed by atoms with Crippen LogP contribution in [0, 0.1) is 6.92 Å². The molecule has 6 nitrogen and oxygen atoms in total. The molecule has 0 aliphatic heterocycles. The lowest BCUT2D eigenvalue weighted by molar-refractivity contribution is 0.0954. The summed E-state index contributed by atoms with van der Waals surface area (Å²) in [5, 5.41) is 4.85. The lowest BCUT2D eigenvalue weighted by atomic mass is 10.1. The number of nitrogens with zero attached hydrogens (tertiary/aromatic N) is 2. The van der Waals surface area contributed by atoms with Crippen molar-refractivity contribution >= 4 is 33.2 Å². The molecule has 0 radical (unpaired) electrons. The van der Waals surface area contributed by atoms with Crippen molar-refractivity contribution in [2.75, 3.05) is 7.05 Å². The first-order valence-corrected chi connectivity index (χ1v) is 12.3. The highest BCUT2D eigenvalue weighted by Crippen LogP contribution is 2.18. The number of nitrogens with one attached hydrogen (secondary N) is 1. The summed E-state index contributed by atoms with van der Waals surface area (Å²) in [7, 11) is -2.07. The average molecular weight is 484 g/mol. The van der Waals surface area contributed by atoms with Crippen LogP contribution in [0.1, 0.15) is 40.4 Å². The lowest BCUT2D eigenvalue weighted by Crippen LogP contribution is -2.26. The summed E-state index contributed by atoms with van der Waals surface area (Å²) in [5.74, 6) is -0.352. The Morgan fingerprint density at radius 3 is 2.27 bits per heavy atom. The lowest BCUT2D eigenvalue weighted by Gasteiger charge is -2.17. The quantitative estimate of drug-likeness (QED) is 0.361. The molecule has 0 unspecified atom stereocenters. The van der Waals surface area contributed by atoms with Gasteiger partial charge in [-0.05, 0) is 60.9 Å². The van der Waals surface area contributed by atoms with E-state index in [1.807, 2.05) is 26.0 Å². The Morgan fingerprint density at radius 1 is 1.00 bits per heavy atom. The third-order valence-electron chi connectivity index (χ3n) is 5.14. The largest absolute Gasteiger partial charge is 0.271 e. The van der Waals surface area contributed by atoms with E-state index in [0.29, 0.717) is 22.7 Å². The predicted octanol–water partition coefficient (Wildman–Crippen LogP) is 5.01. The van der Waals surface area contributed by atoms with Gasteiger partial charge < -0.3 is 0 Å². The third-order valence-corrected chi connectivity index (χ3v) is 7.19. The van der Waals surface area contributed by atoms with Crippen LogP contribution >= 0.6 is 11.6 Å². The van der Waals surface area contributed by atoms with Crippen LogP contribution < -0.4 is 5.43 Å². The minimum atomic E-state index is -3.60. The second-order valence-electron chi connectivity index (χ2n) is 7.63. The number of aryl methyl sites for hydroxylation is 1. The summed E-state index contributed by atoms with van der Waals surface area (Å²) in [6, 6.07) is 20.8. The molecule has 0 atom stereocenters. The number of halogens is 1. The van der Waals surface area contributed by atoms with Gasteiger partial charge in [-0.2, -0.15) is 9.41 Å². The standard InChI is InChI=1S/C25H26ClN3O3S/c1-4-24(21-6-5-7-22(26)16-21)27-28-25(30)20-12-10-19(11-13-20)17-29(3)33(31,32)23-14-8-18(2)9-15-23/h5-16H,4,17H2,1-3H3,(H,28,30)/b27-24+. The number of sulfonamides is 1. The molecule has 172 valence electrons. The van der Waals surface area contributed by atoms with Crippen molar-refractivity contribution in [3.8, 4) is 0 Å². The van der Waals surface area contributed by atoms with E-state index in [-0.39, 0.29) is 17.3 Å². The second kappa shape index (κ2) is 10.7. The summed E-state index contributed by atoms with van der Waals surface area (Å²) in [5.41, 5.74) is 6.32. The maximum absolute atomic E-state index is 12.8. The van der Waals surface area contributed by atoms with Crippen molar-refractivity contribution in [3.63, 3.8) is 0 Å². The molecule has 0 spiro atoms. The number of hydrogen-bond acceptors (Lipinski definition) is 4. The minimum absolute atomic E-state index is 0.186. The zero-order valence-corrected chi connectivity index (χ0v) is 20.3. The maximum atomic E-state index is 12.8. The van der Waals surface area contributed by atoms with Crippen molar-refractivity contribution in [1.82, 2.24) is 9.73 Å². The van der Waals surface area contributed by atoms with Crippen LogP contribution in [0.3, 0.4) is 0 Å². The summed E-state index contributed by atoms with van der Waals surface area (Å²) in [4.78, 5) is 12.8. The van der Waals surface area contributed by atoms with Gasteiger partial charge in [-0.15, -0.1) is 0 Å². The SMILES string of the molecule is CC/C(=N\NC(=O)c1ccc(CN(C)S(=O)(=O)c2ccc(C)cc2)cc1)c1cccc(Cl)c1. The Labute approximate surface area is 200 Å². The number of hydrogen-bond donors (Lipinski definition) is 1. The molecule has 8 heteroatoms. The number of rotatable bonds is 8. The number of amides is 1. The summed E-state index contributed by atoms with van der Waals surface area (Å²) in [6.45, 7) is 4.04. The Hall–Kier alpha value is -3.00. The molecule has 1 amide bonds. The van der Waals surface area contributed by atoms with Gasteiger partial charge in [0.15, 0.2) is 0 Å². The smallest absolute Gasteiger partial charge is 0.267 e. The van der Waals surface area contributed by atoms with Gasteiger partial charge in [0.2, 0.25) is 10.0 Å². The number of carbonyl (C=O) groups excluding carboxylic acids is 1. The van der Waals surface area contributed by atoms with Crippen LogP contribution in [0.25, 0.3) is 0 Å². The van der Waals surface area contributed by atoms with Crippen molar-refractivity contribution in [3.05, 3.63) is 100 Å². The molecule has 3 aromatic rings. The molecule has 1 N–H and O–H groups in total. The van der Waals surface area contributed by atoms with E-state index in [0.717, 1.165) is 16.7 Å². The first-order valence-electron chi connectivity index (χ1n) is 10.5. The minimum Gasteiger partial charge on any atom is -0.267 e. The third kappa shape index (κ3) is 6.28. The van der Waals surface area contributed by atoms with E-state index in [1.165, 1.54) is 11.4 Å². The first kappa shape index (κ1) is 24.6. The fraction of sp³-hybridized carbons (Fsp3) is 0.200. The van der Waals surface area contributed by atoms with E-state index in [4.69, 9.17) is 11.6 Å². The molecule has 3 aromatic carbocycles. The normalized spacial score (nSPS) is 12.1.